The zero-order valence-corrected chi connectivity index (χ0v) is 9.83. The van der Waals surface area contributed by atoms with Crippen LogP contribution >= 0.6 is 11.3 Å². The summed E-state index contributed by atoms with van der Waals surface area (Å²) in [6.45, 7) is 0. The molecule has 0 radical (unpaired) electrons. The van der Waals surface area contributed by atoms with Crippen LogP contribution in [-0.4, -0.2) is 26.3 Å². The van der Waals surface area contributed by atoms with Crippen molar-refractivity contribution in [3.63, 3.8) is 0 Å². The van der Waals surface area contributed by atoms with E-state index in [9.17, 15) is 4.79 Å². The van der Waals surface area contributed by atoms with Crippen LogP contribution in [0.1, 0.15) is 40.7 Å². The lowest BCUT2D eigenvalue weighted by molar-refractivity contribution is 0.0702. The molecule has 0 saturated heterocycles. The maximum Gasteiger partial charge on any atom is 0.345 e. The van der Waals surface area contributed by atoms with Crippen LogP contribution in [0.5, 0.6) is 0 Å². The van der Waals surface area contributed by atoms with Gasteiger partial charge in [0.1, 0.15) is 10.7 Å². The fraction of sp³-hybridized carbons (Fsp3) is 0.364. The highest BCUT2D eigenvalue weighted by molar-refractivity contribution is 7.17. The van der Waals surface area contributed by atoms with E-state index in [1.54, 1.807) is 12.1 Å². The fourth-order valence-electron chi connectivity index (χ4n) is 1.82. The Morgan fingerprint density at radius 1 is 1.47 bits per heavy atom. The molecular weight excluding hydrogens is 238 g/mol. The molecule has 2 aromatic heterocycles. The summed E-state index contributed by atoms with van der Waals surface area (Å²) < 4.78 is 0. The third kappa shape index (κ3) is 1.84. The summed E-state index contributed by atoms with van der Waals surface area (Å²) in [7, 11) is 0. The van der Waals surface area contributed by atoms with Gasteiger partial charge >= 0.3 is 5.97 Å². The second kappa shape index (κ2) is 3.96. The summed E-state index contributed by atoms with van der Waals surface area (Å²) in [4.78, 5) is 16.3. The Morgan fingerprint density at radius 2 is 2.29 bits per heavy atom. The highest BCUT2D eigenvalue weighted by Gasteiger charge is 2.23. The van der Waals surface area contributed by atoms with E-state index in [0.29, 0.717) is 16.6 Å². The van der Waals surface area contributed by atoms with Crippen LogP contribution in [-0.2, 0) is 0 Å². The van der Waals surface area contributed by atoms with Gasteiger partial charge in [-0.1, -0.05) is 6.42 Å². The number of nitrogens with one attached hydrogen (secondary N) is 1. The van der Waals surface area contributed by atoms with Gasteiger partial charge in [0.15, 0.2) is 5.82 Å². The number of thiophene rings is 1. The van der Waals surface area contributed by atoms with Gasteiger partial charge in [0.2, 0.25) is 0 Å². The first-order chi connectivity index (χ1) is 8.24. The van der Waals surface area contributed by atoms with Crippen LogP contribution in [0.2, 0.25) is 0 Å². The maximum absolute atomic E-state index is 10.8. The highest BCUT2D eigenvalue weighted by Crippen LogP contribution is 2.35. The van der Waals surface area contributed by atoms with E-state index in [2.05, 4.69) is 15.2 Å². The highest BCUT2D eigenvalue weighted by atomic mass is 32.1. The van der Waals surface area contributed by atoms with Gasteiger partial charge in [0.05, 0.1) is 4.88 Å². The number of aromatic carboxylic acids is 1. The van der Waals surface area contributed by atoms with Gasteiger partial charge in [-0.25, -0.2) is 9.78 Å². The van der Waals surface area contributed by atoms with Gasteiger partial charge in [0, 0.05) is 5.92 Å². The van der Waals surface area contributed by atoms with Gasteiger partial charge < -0.3 is 5.11 Å². The van der Waals surface area contributed by atoms with Gasteiger partial charge in [-0.15, -0.1) is 11.3 Å². The monoisotopic (exact) mass is 249 g/mol. The molecule has 0 spiro atoms. The first-order valence-electron chi connectivity index (χ1n) is 5.50. The minimum atomic E-state index is -0.906. The molecule has 1 fully saturated rings. The molecule has 2 aromatic rings. The molecule has 2 heterocycles. The zero-order valence-electron chi connectivity index (χ0n) is 9.01. The molecule has 6 heteroatoms. The summed E-state index contributed by atoms with van der Waals surface area (Å²) in [6, 6.07) is 3.34. The summed E-state index contributed by atoms with van der Waals surface area (Å²) in [5.74, 6) is 1.13. The second-order valence-corrected chi connectivity index (χ2v) is 5.22. The standard InChI is InChI=1S/C11H11N3O2S/c15-11(16)8-5-4-7(17-8)10-12-9(13-14-10)6-2-1-3-6/h4-6H,1-3H2,(H,15,16)(H,12,13,14). The van der Waals surface area contributed by atoms with Gasteiger partial charge in [-0.3, -0.25) is 5.10 Å². The van der Waals surface area contributed by atoms with E-state index in [4.69, 9.17) is 5.11 Å². The molecular formula is C11H11N3O2S. The van der Waals surface area contributed by atoms with Crippen LogP contribution in [0, 0.1) is 0 Å². The van der Waals surface area contributed by atoms with Crippen molar-refractivity contribution in [3.05, 3.63) is 22.8 Å². The van der Waals surface area contributed by atoms with Crippen LogP contribution < -0.4 is 0 Å². The molecule has 0 bridgehead atoms. The summed E-state index contributed by atoms with van der Waals surface area (Å²) in [5.41, 5.74) is 0. The van der Waals surface area contributed by atoms with Crippen molar-refractivity contribution in [1.29, 1.82) is 0 Å². The van der Waals surface area contributed by atoms with E-state index in [1.807, 2.05) is 0 Å². The van der Waals surface area contributed by atoms with Crippen LogP contribution in [0.25, 0.3) is 10.7 Å². The van der Waals surface area contributed by atoms with E-state index in [-0.39, 0.29) is 0 Å². The van der Waals surface area contributed by atoms with Gasteiger partial charge in [0.25, 0.3) is 0 Å². The van der Waals surface area contributed by atoms with E-state index in [0.717, 1.165) is 10.7 Å². The lowest BCUT2D eigenvalue weighted by Crippen LogP contribution is -2.10. The normalized spacial score (nSPS) is 15.8. The van der Waals surface area contributed by atoms with Gasteiger partial charge in [-0.05, 0) is 25.0 Å². The molecule has 1 saturated carbocycles. The number of nitrogens with zero attached hydrogens (tertiary/aromatic N) is 2. The summed E-state index contributed by atoms with van der Waals surface area (Å²) in [6.07, 6.45) is 3.59. The molecule has 0 unspecified atom stereocenters. The molecule has 5 nitrogen and oxygen atoms in total. The van der Waals surface area contributed by atoms with E-state index >= 15 is 0 Å². The number of H-pyrrole nitrogens is 1. The molecule has 0 atom stereocenters. The lowest BCUT2D eigenvalue weighted by Gasteiger charge is -2.22. The number of aromatic nitrogens is 3. The van der Waals surface area contributed by atoms with Crippen LogP contribution in [0.3, 0.4) is 0 Å². The Hall–Kier alpha value is -1.69. The average Bonchev–Trinajstić information content (AvgIpc) is 2.80. The fourth-order valence-corrected chi connectivity index (χ4v) is 2.60. The van der Waals surface area contributed by atoms with Crippen molar-refractivity contribution in [2.75, 3.05) is 0 Å². The third-order valence-electron chi connectivity index (χ3n) is 3.03. The number of carboxylic acid groups (broad SMARTS) is 1. The number of carbonyl (C=O) groups is 1. The quantitative estimate of drug-likeness (QED) is 0.876. The largest absolute Gasteiger partial charge is 0.477 e. The predicted molar refractivity (Wildman–Crippen MR) is 63.2 cm³/mol. The Morgan fingerprint density at radius 3 is 2.88 bits per heavy atom. The number of carboxylic acids is 1. The molecule has 0 aromatic carbocycles. The van der Waals surface area contributed by atoms with Crippen LogP contribution in [0.4, 0.5) is 0 Å². The molecule has 1 aliphatic rings. The number of hydrogen-bond acceptors (Lipinski definition) is 4. The first kappa shape index (κ1) is 10.5. The minimum Gasteiger partial charge on any atom is -0.477 e. The van der Waals surface area contributed by atoms with Crippen molar-refractivity contribution in [2.45, 2.75) is 25.2 Å². The molecule has 2 N–H and O–H groups in total. The SMILES string of the molecule is O=C(O)c1ccc(-c2n[nH]c(C3CCC3)n2)s1. The minimum absolute atomic E-state index is 0.315. The lowest BCUT2D eigenvalue weighted by atomic mass is 9.85. The molecule has 88 valence electrons. The Bertz CT molecular complexity index is 557. The molecule has 0 aliphatic heterocycles. The number of hydrogen-bond donors (Lipinski definition) is 2. The smallest absolute Gasteiger partial charge is 0.345 e. The third-order valence-corrected chi connectivity index (χ3v) is 4.10. The predicted octanol–water partition coefficient (Wildman–Crippen LogP) is 2.50. The summed E-state index contributed by atoms with van der Waals surface area (Å²) >= 11 is 1.20. The maximum atomic E-state index is 10.8. The molecule has 3 rings (SSSR count). The van der Waals surface area contributed by atoms with Crippen molar-refractivity contribution in [1.82, 2.24) is 15.2 Å². The Labute approximate surface area is 102 Å². The van der Waals surface area contributed by atoms with Crippen molar-refractivity contribution in [2.24, 2.45) is 0 Å². The van der Waals surface area contributed by atoms with E-state index in [1.165, 1.54) is 30.6 Å². The van der Waals surface area contributed by atoms with Gasteiger partial charge in [-0.2, -0.15) is 5.10 Å². The van der Waals surface area contributed by atoms with E-state index < -0.39 is 5.97 Å². The van der Waals surface area contributed by atoms with Crippen molar-refractivity contribution >= 4 is 17.3 Å². The zero-order chi connectivity index (χ0) is 11.8. The Balaban J connectivity index is 1.87. The average molecular weight is 249 g/mol. The van der Waals surface area contributed by atoms with Crippen LogP contribution in [0.15, 0.2) is 12.1 Å². The number of rotatable bonds is 3. The molecule has 17 heavy (non-hydrogen) atoms. The molecule has 0 amide bonds. The van der Waals surface area contributed by atoms with Crippen molar-refractivity contribution < 1.29 is 9.90 Å². The topological polar surface area (TPSA) is 78.9 Å². The second-order valence-electron chi connectivity index (χ2n) is 4.14. The van der Waals surface area contributed by atoms with Crippen molar-refractivity contribution in [3.8, 4) is 10.7 Å². The summed E-state index contributed by atoms with van der Waals surface area (Å²) in [5, 5.41) is 15.9. The molecule has 1 aliphatic carbocycles. The Kier molecular flexibility index (Phi) is 2.44. The number of aromatic amines is 1. The first-order valence-corrected chi connectivity index (χ1v) is 6.31.